The Morgan fingerprint density at radius 3 is 2.71 bits per heavy atom. The highest BCUT2D eigenvalue weighted by Gasteiger charge is 2.53. The second-order valence-electron chi connectivity index (χ2n) is 8.08. The van der Waals surface area contributed by atoms with Crippen LogP contribution in [0.3, 0.4) is 0 Å². The van der Waals surface area contributed by atoms with Gasteiger partial charge in [0.2, 0.25) is 11.8 Å². The molecule has 0 unspecified atom stereocenters. The van der Waals surface area contributed by atoms with E-state index in [1.807, 2.05) is 30.3 Å². The number of fused-ring (bicyclic) bond motifs is 1. The molecule has 0 aliphatic carbocycles. The number of hydrogen-bond acceptors (Lipinski definition) is 3. The van der Waals surface area contributed by atoms with Crippen molar-refractivity contribution >= 4 is 17.7 Å². The minimum Gasteiger partial charge on any atom is -0.352 e. The maximum Gasteiger partial charge on any atom is 0.256 e. The van der Waals surface area contributed by atoms with Crippen molar-refractivity contribution in [2.45, 2.75) is 31.8 Å². The number of likely N-dealkylation sites (tertiary alicyclic amines) is 1. The fourth-order valence-corrected chi connectivity index (χ4v) is 4.46. The molecule has 31 heavy (non-hydrogen) atoms. The van der Waals surface area contributed by atoms with Gasteiger partial charge in [0.1, 0.15) is 11.6 Å². The van der Waals surface area contributed by atoms with E-state index in [0.29, 0.717) is 13.0 Å². The van der Waals surface area contributed by atoms with E-state index < -0.39 is 29.0 Å². The highest BCUT2D eigenvalue weighted by molar-refractivity contribution is 5.96. The van der Waals surface area contributed by atoms with Gasteiger partial charge in [0, 0.05) is 32.1 Å². The normalized spacial score (nSPS) is 23.0. The topological polar surface area (TPSA) is 78.5 Å². The van der Waals surface area contributed by atoms with Gasteiger partial charge < -0.3 is 15.5 Å². The Kier molecular flexibility index (Phi) is 5.71. The van der Waals surface area contributed by atoms with Gasteiger partial charge in [0.15, 0.2) is 0 Å². The standard InChI is InChI=1S/C23H23F2N3O3/c24-16-6-7-18(25)17(12-16)21(30)28-11-9-19-23(14-28,10-8-20(29)27-19)22(31)26-13-15-4-2-1-3-5-15/h1-7,12,19H,8-11,13-14H2,(H,26,31)(H,27,29)/t19-,23+/m1/s1. The van der Waals surface area contributed by atoms with E-state index in [2.05, 4.69) is 10.6 Å². The zero-order chi connectivity index (χ0) is 22.0. The van der Waals surface area contributed by atoms with Crippen LogP contribution in [0.2, 0.25) is 0 Å². The Hall–Kier alpha value is -3.29. The van der Waals surface area contributed by atoms with Gasteiger partial charge in [-0.2, -0.15) is 0 Å². The van der Waals surface area contributed by atoms with Crippen LogP contribution in [0.1, 0.15) is 35.2 Å². The number of amides is 3. The van der Waals surface area contributed by atoms with Crippen molar-refractivity contribution in [1.82, 2.24) is 15.5 Å². The molecule has 3 amide bonds. The molecule has 2 fully saturated rings. The number of rotatable bonds is 4. The number of halogens is 2. The van der Waals surface area contributed by atoms with Crippen LogP contribution in [0.25, 0.3) is 0 Å². The Morgan fingerprint density at radius 1 is 1.16 bits per heavy atom. The molecule has 2 aromatic rings. The minimum atomic E-state index is -1.03. The Labute approximate surface area is 178 Å². The van der Waals surface area contributed by atoms with Crippen LogP contribution >= 0.6 is 0 Å². The molecule has 2 N–H and O–H groups in total. The maximum atomic E-state index is 14.2. The molecule has 2 aliphatic heterocycles. The van der Waals surface area contributed by atoms with E-state index in [9.17, 15) is 23.2 Å². The zero-order valence-corrected chi connectivity index (χ0v) is 16.9. The van der Waals surface area contributed by atoms with Gasteiger partial charge in [-0.3, -0.25) is 14.4 Å². The lowest BCUT2D eigenvalue weighted by Crippen LogP contribution is -2.66. The number of hydrogen-bond donors (Lipinski definition) is 2. The Morgan fingerprint density at radius 2 is 1.94 bits per heavy atom. The number of nitrogens with zero attached hydrogens (tertiary/aromatic N) is 1. The molecule has 0 spiro atoms. The zero-order valence-electron chi connectivity index (χ0n) is 16.9. The first-order chi connectivity index (χ1) is 14.9. The van der Waals surface area contributed by atoms with Crippen molar-refractivity contribution in [3.8, 4) is 0 Å². The smallest absolute Gasteiger partial charge is 0.256 e. The van der Waals surface area contributed by atoms with Gasteiger partial charge in [-0.15, -0.1) is 0 Å². The van der Waals surface area contributed by atoms with E-state index in [4.69, 9.17) is 0 Å². The lowest BCUT2D eigenvalue weighted by atomic mass is 9.69. The van der Waals surface area contributed by atoms with Crippen molar-refractivity contribution in [1.29, 1.82) is 0 Å². The summed E-state index contributed by atoms with van der Waals surface area (Å²) in [5, 5.41) is 5.82. The molecule has 0 saturated carbocycles. The number of benzene rings is 2. The van der Waals surface area contributed by atoms with E-state index in [1.54, 1.807) is 0 Å². The van der Waals surface area contributed by atoms with Crippen LogP contribution in [0, 0.1) is 17.0 Å². The van der Waals surface area contributed by atoms with Gasteiger partial charge in [0.25, 0.3) is 5.91 Å². The summed E-state index contributed by atoms with van der Waals surface area (Å²) in [5.74, 6) is -2.58. The van der Waals surface area contributed by atoms with Crippen molar-refractivity contribution in [3.63, 3.8) is 0 Å². The van der Waals surface area contributed by atoms with Gasteiger partial charge in [-0.1, -0.05) is 30.3 Å². The predicted octanol–water partition coefficient (Wildman–Crippen LogP) is 2.39. The van der Waals surface area contributed by atoms with Crippen molar-refractivity contribution in [2.24, 2.45) is 5.41 Å². The summed E-state index contributed by atoms with van der Waals surface area (Å²) in [7, 11) is 0. The van der Waals surface area contributed by atoms with E-state index in [-0.39, 0.29) is 43.3 Å². The minimum absolute atomic E-state index is 0.0212. The fraction of sp³-hybridized carbons (Fsp3) is 0.348. The summed E-state index contributed by atoms with van der Waals surface area (Å²) < 4.78 is 27.8. The second kappa shape index (κ2) is 8.45. The molecule has 6 nitrogen and oxygen atoms in total. The molecule has 0 bridgehead atoms. The maximum absolute atomic E-state index is 14.2. The molecule has 2 atom stereocenters. The number of carbonyl (C=O) groups excluding carboxylic acids is 3. The molecule has 2 heterocycles. The molecule has 0 radical (unpaired) electrons. The summed E-state index contributed by atoms with van der Waals surface area (Å²) in [5.41, 5.74) is -0.465. The molecule has 8 heteroatoms. The van der Waals surface area contributed by atoms with E-state index in [0.717, 1.165) is 23.8 Å². The van der Waals surface area contributed by atoms with Crippen LogP contribution < -0.4 is 10.6 Å². The summed E-state index contributed by atoms with van der Waals surface area (Å²) in [4.78, 5) is 39.6. The third-order valence-corrected chi connectivity index (χ3v) is 6.16. The monoisotopic (exact) mass is 427 g/mol. The SMILES string of the molecule is O=C1CC[C@]2(C(=O)NCc3ccccc3)CN(C(=O)c3cc(F)ccc3F)CC[C@H]2N1. The lowest BCUT2D eigenvalue weighted by molar-refractivity contribution is -0.142. The van der Waals surface area contributed by atoms with E-state index >= 15 is 0 Å². The predicted molar refractivity (Wildman–Crippen MR) is 109 cm³/mol. The number of piperidine rings is 2. The van der Waals surface area contributed by atoms with Gasteiger partial charge in [-0.05, 0) is 36.6 Å². The van der Waals surface area contributed by atoms with Crippen molar-refractivity contribution in [3.05, 3.63) is 71.3 Å². The first-order valence-corrected chi connectivity index (χ1v) is 10.2. The molecule has 0 aromatic heterocycles. The fourth-order valence-electron chi connectivity index (χ4n) is 4.46. The van der Waals surface area contributed by atoms with Gasteiger partial charge >= 0.3 is 0 Å². The summed E-state index contributed by atoms with van der Waals surface area (Å²) >= 11 is 0. The molecular weight excluding hydrogens is 404 g/mol. The van der Waals surface area contributed by atoms with Crippen LogP contribution in [-0.4, -0.2) is 41.8 Å². The highest BCUT2D eigenvalue weighted by atomic mass is 19.1. The van der Waals surface area contributed by atoms with E-state index in [1.165, 1.54) is 4.90 Å². The average Bonchev–Trinajstić information content (AvgIpc) is 2.79. The Balaban J connectivity index is 1.57. The van der Waals surface area contributed by atoms with Gasteiger partial charge in [-0.25, -0.2) is 8.78 Å². The highest BCUT2D eigenvalue weighted by Crippen LogP contribution is 2.39. The summed E-state index contributed by atoms with van der Waals surface area (Å²) in [6.45, 7) is 0.565. The first-order valence-electron chi connectivity index (χ1n) is 10.2. The third kappa shape index (κ3) is 4.15. The van der Waals surface area contributed by atoms with Crippen LogP contribution in [-0.2, 0) is 16.1 Å². The van der Waals surface area contributed by atoms with Crippen LogP contribution in [0.5, 0.6) is 0 Å². The largest absolute Gasteiger partial charge is 0.352 e. The van der Waals surface area contributed by atoms with Crippen LogP contribution in [0.15, 0.2) is 48.5 Å². The average molecular weight is 427 g/mol. The van der Waals surface area contributed by atoms with Crippen molar-refractivity contribution in [2.75, 3.05) is 13.1 Å². The molecule has 4 rings (SSSR count). The molecule has 2 aromatic carbocycles. The molecule has 162 valence electrons. The Bertz CT molecular complexity index is 1010. The van der Waals surface area contributed by atoms with Crippen LogP contribution in [0.4, 0.5) is 8.78 Å². The second-order valence-corrected chi connectivity index (χ2v) is 8.08. The number of carbonyl (C=O) groups is 3. The summed E-state index contributed by atoms with van der Waals surface area (Å²) in [6, 6.07) is 11.7. The third-order valence-electron chi connectivity index (χ3n) is 6.16. The molecule has 2 saturated heterocycles. The number of nitrogens with one attached hydrogen (secondary N) is 2. The van der Waals surface area contributed by atoms with Crippen molar-refractivity contribution < 1.29 is 23.2 Å². The first kappa shape index (κ1) is 21.0. The molecule has 2 aliphatic rings. The lowest BCUT2D eigenvalue weighted by Gasteiger charge is -2.49. The van der Waals surface area contributed by atoms with Gasteiger partial charge in [0.05, 0.1) is 11.0 Å². The molecular formula is C23H23F2N3O3. The summed E-state index contributed by atoms with van der Waals surface area (Å²) in [6.07, 6.45) is 0.790. The quantitative estimate of drug-likeness (QED) is 0.787.